The predicted molar refractivity (Wildman–Crippen MR) is 82.2 cm³/mol. The zero-order chi connectivity index (χ0) is 15.1. The Hall–Kier alpha value is -1.39. The Balaban J connectivity index is 0.000000612. The third-order valence-electron chi connectivity index (χ3n) is 3.52. The van der Waals surface area contributed by atoms with Crippen molar-refractivity contribution in [3.05, 3.63) is 28.3 Å². The van der Waals surface area contributed by atoms with E-state index in [9.17, 15) is 9.90 Å². The van der Waals surface area contributed by atoms with Gasteiger partial charge in [-0.3, -0.25) is 4.79 Å². The van der Waals surface area contributed by atoms with Crippen molar-refractivity contribution < 1.29 is 9.90 Å². The lowest BCUT2D eigenvalue weighted by atomic mass is 9.84. The molecule has 0 aromatic heterocycles. The number of nitrogens with two attached hydrogens (primary N) is 1. The first-order valence-electron chi connectivity index (χ1n) is 7.28. The van der Waals surface area contributed by atoms with Crippen molar-refractivity contribution in [1.29, 1.82) is 0 Å². The van der Waals surface area contributed by atoms with E-state index in [2.05, 4.69) is 5.32 Å². The SMILES string of the molecule is CCC(=O)c1c(O)c(CN)cc2c1CCCC2.CNC. The number of aryl methyl sites for hydroxylation is 1. The van der Waals surface area contributed by atoms with Gasteiger partial charge in [0.25, 0.3) is 0 Å². The topological polar surface area (TPSA) is 75.3 Å². The van der Waals surface area contributed by atoms with E-state index < -0.39 is 0 Å². The molecule has 4 N–H and O–H groups in total. The molecule has 112 valence electrons. The minimum absolute atomic E-state index is 0.0240. The van der Waals surface area contributed by atoms with Crippen LogP contribution in [-0.2, 0) is 19.4 Å². The molecule has 0 fully saturated rings. The second kappa shape index (κ2) is 8.02. The number of ketones is 1. The molecule has 0 heterocycles. The summed E-state index contributed by atoms with van der Waals surface area (Å²) >= 11 is 0. The van der Waals surface area contributed by atoms with Gasteiger partial charge in [-0.25, -0.2) is 0 Å². The molecule has 4 heteroatoms. The van der Waals surface area contributed by atoms with E-state index in [1.54, 1.807) is 0 Å². The molecule has 1 aromatic rings. The quantitative estimate of drug-likeness (QED) is 0.741. The fourth-order valence-electron chi connectivity index (χ4n) is 2.59. The van der Waals surface area contributed by atoms with Crippen molar-refractivity contribution >= 4 is 5.78 Å². The lowest BCUT2D eigenvalue weighted by molar-refractivity contribution is 0.0984. The number of benzene rings is 1. The summed E-state index contributed by atoms with van der Waals surface area (Å²) in [5.74, 6) is 0.135. The van der Waals surface area contributed by atoms with E-state index in [1.165, 1.54) is 5.56 Å². The number of nitrogens with one attached hydrogen (secondary N) is 1. The van der Waals surface area contributed by atoms with E-state index in [0.29, 0.717) is 17.5 Å². The average Bonchev–Trinajstić information content (AvgIpc) is 2.46. The first-order valence-corrected chi connectivity index (χ1v) is 7.28. The lowest BCUT2D eigenvalue weighted by Gasteiger charge is -2.21. The van der Waals surface area contributed by atoms with Gasteiger partial charge in [-0.2, -0.15) is 0 Å². The number of hydrogen-bond acceptors (Lipinski definition) is 4. The highest BCUT2D eigenvalue weighted by Gasteiger charge is 2.22. The highest BCUT2D eigenvalue weighted by molar-refractivity contribution is 6.00. The van der Waals surface area contributed by atoms with Gasteiger partial charge >= 0.3 is 0 Å². The summed E-state index contributed by atoms with van der Waals surface area (Å²) in [5, 5.41) is 12.9. The lowest BCUT2D eigenvalue weighted by Crippen LogP contribution is -2.13. The van der Waals surface area contributed by atoms with Crippen LogP contribution < -0.4 is 11.1 Å². The standard InChI is InChI=1S/C14H19NO2.C2H7N/c1-2-12(16)13-11-6-4-3-5-9(11)7-10(8-15)14(13)17;1-3-2/h7,17H,2-6,8,15H2,1H3;3H,1-2H3. The molecule has 0 atom stereocenters. The maximum atomic E-state index is 12.0. The van der Waals surface area contributed by atoms with Gasteiger partial charge in [0.15, 0.2) is 5.78 Å². The van der Waals surface area contributed by atoms with Crippen molar-refractivity contribution in [2.75, 3.05) is 14.1 Å². The molecule has 0 saturated carbocycles. The van der Waals surface area contributed by atoms with Gasteiger partial charge in [-0.15, -0.1) is 0 Å². The third-order valence-corrected chi connectivity index (χ3v) is 3.52. The van der Waals surface area contributed by atoms with E-state index in [1.807, 2.05) is 27.1 Å². The van der Waals surface area contributed by atoms with Crippen LogP contribution >= 0.6 is 0 Å². The van der Waals surface area contributed by atoms with Gasteiger partial charge in [-0.1, -0.05) is 13.0 Å². The number of Topliss-reactive ketones (excluding diaryl/α,β-unsaturated/α-hetero) is 1. The zero-order valence-electron chi connectivity index (χ0n) is 12.8. The fourth-order valence-corrected chi connectivity index (χ4v) is 2.59. The molecule has 1 aromatic carbocycles. The normalized spacial score (nSPS) is 13.2. The van der Waals surface area contributed by atoms with Crippen molar-refractivity contribution in [1.82, 2.24) is 5.32 Å². The Morgan fingerprint density at radius 2 is 1.95 bits per heavy atom. The summed E-state index contributed by atoms with van der Waals surface area (Å²) < 4.78 is 0. The molecule has 0 saturated heterocycles. The molecular weight excluding hydrogens is 252 g/mol. The molecule has 4 nitrogen and oxygen atoms in total. The Bertz CT molecular complexity index is 470. The van der Waals surface area contributed by atoms with Crippen LogP contribution in [0.2, 0.25) is 0 Å². The van der Waals surface area contributed by atoms with Crippen LogP contribution in [0.15, 0.2) is 6.07 Å². The maximum absolute atomic E-state index is 12.0. The summed E-state index contributed by atoms with van der Waals surface area (Å²) in [4.78, 5) is 12.0. The number of carbonyl (C=O) groups is 1. The molecule has 0 spiro atoms. The molecule has 0 amide bonds. The number of phenolic OH excluding ortho intramolecular Hbond substituents is 1. The molecule has 20 heavy (non-hydrogen) atoms. The Kier molecular flexibility index (Phi) is 6.68. The first-order chi connectivity index (χ1) is 9.60. The minimum Gasteiger partial charge on any atom is -0.507 e. The van der Waals surface area contributed by atoms with Gasteiger partial charge in [0.1, 0.15) is 5.75 Å². The summed E-state index contributed by atoms with van der Waals surface area (Å²) in [5.41, 5.74) is 9.11. The molecule has 0 bridgehead atoms. The smallest absolute Gasteiger partial charge is 0.166 e. The van der Waals surface area contributed by atoms with Crippen molar-refractivity contribution in [3.63, 3.8) is 0 Å². The summed E-state index contributed by atoms with van der Waals surface area (Å²) in [7, 11) is 3.75. The van der Waals surface area contributed by atoms with E-state index in [0.717, 1.165) is 31.2 Å². The molecule has 1 aliphatic rings. The van der Waals surface area contributed by atoms with Crippen LogP contribution in [0.4, 0.5) is 0 Å². The molecule has 1 aliphatic carbocycles. The van der Waals surface area contributed by atoms with Gasteiger partial charge < -0.3 is 16.2 Å². The van der Waals surface area contributed by atoms with Gasteiger partial charge in [-0.05, 0) is 50.9 Å². The third kappa shape index (κ3) is 3.58. The molecule has 2 rings (SSSR count). The summed E-state index contributed by atoms with van der Waals surface area (Å²) in [6, 6.07) is 1.97. The van der Waals surface area contributed by atoms with Crippen LogP contribution in [0, 0.1) is 0 Å². The first kappa shape index (κ1) is 16.7. The van der Waals surface area contributed by atoms with Gasteiger partial charge in [0.05, 0.1) is 5.56 Å². The number of hydrogen-bond donors (Lipinski definition) is 3. The monoisotopic (exact) mass is 278 g/mol. The van der Waals surface area contributed by atoms with Crippen LogP contribution in [0.3, 0.4) is 0 Å². The Morgan fingerprint density at radius 1 is 1.35 bits per heavy atom. The summed E-state index contributed by atoms with van der Waals surface area (Å²) in [6.45, 7) is 2.11. The number of rotatable bonds is 3. The number of phenols is 1. The van der Waals surface area contributed by atoms with Crippen LogP contribution in [0.25, 0.3) is 0 Å². The zero-order valence-corrected chi connectivity index (χ0v) is 12.8. The van der Waals surface area contributed by atoms with Crippen LogP contribution in [0.1, 0.15) is 53.2 Å². The van der Waals surface area contributed by atoms with E-state index in [4.69, 9.17) is 5.73 Å². The second-order valence-corrected chi connectivity index (χ2v) is 5.08. The van der Waals surface area contributed by atoms with Crippen LogP contribution in [-0.4, -0.2) is 25.0 Å². The fraction of sp³-hybridized carbons (Fsp3) is 0.562. The largest absolute Gasteiger partial charge is 0.507 e. The summed E-state index contributed by atoms with van der Waals surface area (Å²) in [6.07, 6.45) is 4.56. The van der Waals surface area contributed by atoms with Crippen molar-refractivity contribution in [2.45, 2.75) is 45.6 Å². The van der Waals surface area contributed by atoms with Gasteiger partial charge in [0, 0.05) is 18.5 Å². The number of aromatic hydroxyl groups is 1. The Labute approximate surface area is 121 Å². The second-order valence-electron chi connectivity index (χ2n) is 5.08. The molecule has 0 aliphatic heterocycles. The van der Waals surface area contributed by atoms with Crippen molar-refractivity contribution in [2.24, 2.45) is 5.73 Å². The highest BCUT2D eigenvalue weighted by Crippen LogP contribution is 2.34. The number of carbonyl (C=O) groups excluding carboxylic acids is 1. The average molecular weight is 278 g/mol. The van der Waals surface area contributed by atoms with E-state index in [-0.39, 0.29) is 18.1 Å². The van der Waals surface area contributed by atoms with Crippen molar-refractivity contribution in [3.8, 4) is 5.75 Å². The number of fused-ring (bicyclic) bond motifs is 1. The molecular formula is C16H26N2O2. The molecule has 0 radical (unpaired) electrons. The van der Waals surface area contributed by atoms with E-state index >= 15 is 0 Å². The maximum Gasteiger partial charge on any atom is 0.166 e. The Morgan fingerprint density at radius 3 is 2.50 bits per heavy atom. The van der Waals surface area contributed by atoms with Crippen LogP contribution in [0.5, 0.6) is 5.75 Å². The highest BCUT2D eigenvalue weighted by atomic mass is 16.3. The molecule has 0 unspecified atom stereocenters. The minimum atomic E-state index is 0.0240. The van der Waals surface area contributed by atoms with Gasteiger partial charge in [0.2, 0.25) is 0 Å². The predicted octanol–water partition coefficient (Wildman–Crippen LogP) is 2.16.